The standard InChI is InChI=1S/C25H30N2O4/c1-16(2)11-12-27-17(3)13-21(18(27)4)14-22(15-26)25(29)31-19(5)24(28)20-7-9-23(30-6)10-8-20/h7-10,13-14,16,19H,11-12H2,1-6H3/b22-14+/t19-/m1/s1. The molecule has 2 rings (SSSR count). The summed E-state index contributed by atoms with van der Waals surface area (Å²) < 4.78 is 12.6. The molecule has 0 spiro atoms. The van der Waals surface area contributed by atoms with E-state index in [0.717, 1.165) is 29.9 Å². The molecule has 0 bridgehead atoms. The minimum absolute atomic E-state index is 0.140. The minimum Gasteiger partial charge on any atom is -0.497 e. The molecule has 1 aromatic carbocycles. The summed E-state index contributed by atoms with van der Waals surface area (Å²) in [4.78, 5) is 25.1. The molecule has 0 amide bonds. The summed E-state index contributed by atoms with van der Waals surface area (Å²) in [6, 6.07) is 10.4. The molecule has 0 unspecified atom stereocenters. The molecule has 1 heterocycles. The van der Waals surface area contributed by atoms with Gasteiger partial charge in [0.1, 0.15) is 17.4 Å². The largest absolute Gasteiger partial charge is 0.497 e. The lowest BCUT2D eigenvalue weighted by Crippen LogP contribution is -2.25. The third kappa shape index (κ3) is 6.08. The number of hydrogen-bond donors (Lipinski definition) is 0. The number of aryl methyl sites for hydroxylation is 1. The average molecular weight is 423 g/mol. The van der Waals surface area contributed by atoms with E-state index in [4.69, 9.17) is 9.47 Å². The van der Waals surface area contributed by atoms with Gasteiger partial charge in [-0.2, -0.15) is 5.26 Å². The molecular weight excluding hydrogens is 392 g/mol. The Morgan fingerprint density at radius 2 is 1.81 bits per heavy atom. The van der Waals surface area contributed by atoms with Gasteiger partial charge in [0.15, 0.2) is 6.10 Å². The zero-order chi connectivity index (χ0) is 23.1. The lowest BCUT2D eigenvalue weighted by molar-refractivity contribution is -0.141. The summed E-state index contributed by atoms with van der Waals surface area (Å²) >= 11 is 0. The second-order valence-corrected chi connectivity index (χ2v) is 7.97. The van der Waals surface area contributed by atoms with Crippen LogP contribution in [0.3, 0.4) is 0 Å². The summed E-state index contributed by atoms with van der Waals surface area (Å²) in [5, 5.41) is 9.50. The highest BCUT2D eigenvalue weighted by Crippen LogP contribution is 2.21. The Hall–Kier alpha value is -3.33. The van der Waals surface area contributed by atoms with Crippen LogP contribution in [0.1, 0.15) is 54.5 Å². The van der Waals surface area contributed by atoms with Crippen LogP contribution in [0.2, 0.25) is 0 Å². The van der Waals surface area contributed by atoms with Crippen molar-refractivity contribution in [2.75, 3.05) is 7.11 Å². The normalized spacial score (nSPS) is 12.4. The third-order valence-electron chi connectivity index (χ3n) is 5.21. The molecule has 0 radical (unpaired) electrons. The van der Waals surface area contributed by atoms with Gasteiger partial charge in [-0.1, -0.05) is 13.8 Å². The van der Waals surface area contributed by atoms with Gasteiger partial charge in [-0.05, 0) is 75.1 Å². The number of nitriles is 1. The number of carbonyl (C=O) groups is 2. The van der Waals surface area contributed by atoms with E-state index in [1.165, 1.54) is 13.0 Å². The fourth-order valence-electron chi connectivity index (χ4n) is 3.27. The molecule has 31 heavy (non-hydrogen) atoms. The summed E-state index contributed by atoms with van der Waals surface area (Å²) in [6.45, 7) is 10.7. The summed E-state index contributed by atoms with van der Waals surface area (Å²) in [6.07, 6.45) is 1.55. The zero-order valence-corrected chi connectivity index (χ0v) is 19.1. The van der Waals surface area contributed by atoms with Crippen LogP contribution < -0.4 is 4.74 Å². The Morgan fingerprint density at radius 3 is 2.35 bits per heavy atom. The van der Waals surface area contributed by atoms with E-state index in [0.29, 0.717) is 17.2 Å². The van der Waals surface area contributed by atoms with E-state index in [1.54, 1.807) is 31.4 Å². The van der Waals surface area contributed by atoms with Crippen molar-refractivity contribution in [3.05, 3.63) is 58.4 Å². The monoisotopic (exact) mass is 422 g/mol. The number of carbonyl (C=O) groups excluding carboxylic acids is 2. The van der Waals surface area contributed by atoms with Crippen molar-refractivity contribution in [3.8, 4) is 11.8 Å². The van der Waals surface area contributed by atoms with E-state index in [2.05, 4.69) is 18.4 Å². The predicted molar refractivity (Wildman–Crippen MR) is 120 cm³/mol. The molecule has 0 fully saturated rings. The molecule has 0 aliphatic carbocycles. The summed E-state index contributed by atoms with van der Waals surface area (Å²) in [5.74, 6) is 0.0421. The Bertz CT molecular complexity index is 1010. The van der Waals surface area contributed by atoms with Crippen LogP contribution in [0, 0.1) is 31.1 Å². The van der Waals surface area contributed by atoms with E-state index in [9.17, 15) is 14.9 Å². The smallest absolute Gasteiger partial charge is 0.349 e. The van der Waals surface area contributed by atoms with Crippen LogP contribution in [-0.2, 0) is 16.1 Å². The van der Waals surface area contributed by atoms with Gasteiger partial charge in [-0.15, -0.1) is 0 Å². The SMILES string of the molecule is COc1ccc(C(=O)[C@@H](C)OC(=O)/C(C#N)=C/c2cc(C)n(CCC(C)C)c2C)cc1. The average Bonchev–Trinajstić information content (AvgIpc) is 3.01. The molecule has 0 aliphatic rings. The number of esters is 1. The van der Waals surface area contributed by atoms with Crippen LogP contribution in [-0.4, -0.2) is 29.5 Å². The summed E-state index contributed by atoms with van der Waals surface area (Å²) in [7, 11) is 1.54. The van der Waals surface area contributed by atoms with Crippen LogP contribution >= 0.6 is 0 Å². The quantitative estimate of drug-likeness (QED) is 0.249. The molecule has 2 aromatic rings. The van der Waals surface area contributed by atoms with Gasteiger partial charge < -0.3 is 14.0 Å². The van der Waals surface area contributed by atoms with Crippen molar-refractivity contribution in [3.63, 3.8) is 0 Å². The van der Waals surface area contributed by atoms with E-state index < -0.39 is 12.1 Å². The first-order chi connectivity index (χ1) is 14.7. The maximum absolute atomic E-state index is 12.6. The van der Waals surface area contributed by atoms with Gasteiger partial charge in [0, 0.05) is 23.5 Å². The van der Waals surface area contributed by atoms with Crippen LogP contribution in [0.15, 0.2) is 35.9 Å². The molecule has 164 valence electrons. The molecule has 1 aromatic heterocycles. The number of rotatable bonds is 9. The minimum atomic E-state index is -1.02. The van der Waals surface area contributed by atoms with Crippen LogP contribution in [0.4, 0.5) is 0 Å². The van der Waals surface area contributed by atoms with Crippen molar-refractivity contribution in [2.24, 2.45) is 5.92 Å². The third-order valence-corrected chi connectivity index (χ3v) is 5.21. The first kappa shape index (κ1) is 23.9. The van der Waals surface area contributed by atoms with Gasteiger partial charge in [0.2, 0.25) is 5.78 Å². The highest BCUT2D eigenvalue weighted by atomic mass is 16.5. The van der Waals surface area contributed by atoms with E-state index in [-0.39, 0.29) is 11.4 Å². The van der Waals surface area contributed by atoms with Gasteiger partial charge in [0.25, 0.3) is 0 Å². The van der Waals surface area contributed by atoms with Gasteiger partial charge >= 0.3 is 5.97 Å². The van der Waals surface area contributed by atoms with E-state index in [1.807, 2.05) is 26.0 Å². The van der Waals surface area contributed by atoms with Crippen LogP contribution in [0.25, 0.3) is 6.08 Å². The maximum atomic E-state index is 12.6. The number of aromatic nitrogens is 1. The Balaban J connectivity index is 2.15. The fourth-order valence-corrected chi connectivity index (χ4v) is 3.27. The Kier molecular flexibility index (Phi) is 8.21. The van der Waals surface area contributed by atoms with Crippen molar-refractivity contribution in [1.29, 1.82) is 5.26 Å². The molecule has 0 saturated heterocycles. The Labute approximate surface area is 184 Å². The molecule has 1 atom stereocenters. The first-order valence-corrected chi connectivity index (χ1v) is 10.4. The lowest BCUT2D eigenvalue weighted by Gasteiger charge is -2.12. The Morgan fingerprint density at radius 1 is 1.16 bits per heavy atom. The van der Waals surface area contributed by atoms with E-state index >= 15 is 0 Å². The highest BCUT2D eigenvalue weighted by Gasteiger charge is 2.22. The molecule has 0 aliphatic heterocycles. The van der Waals surface area contributed by atoms with Crippen molar-refractivity contribution < 1.29 is 19.1 Å². The summed E-state index contributed by atoms with van der Waals surface area (Å²) in [5.41, 5.74) is 3.11. The zero-order valence-electron chi connectivity index (χ0n) is 19.1. The number of benzene rings is 1. The number of hydrogen-bond acceptors (Lipinski definition) is 5. The number of nitrogens with zero attached hydrogens (tertiary/aromatic N) is 2. The number of methoxy groups -OCH3 is 1. The highest BCUT2D eigenvalue weighted by molar-refractivity contribution is 6.03. The van der Waals surface area contributed by atoms with Gasteiger partial charge in [-0.3, -0.25) is 4.79 Å². The first-order valence-electron chi connectivity index (χ1n) is 10.4. The van der Waals surface area contributed by atoms with Crippen molar-refractivity contribution in [1.82, 2.24) is 4.57 Å². The number of ether oxygens (including phenoxy) is 2. The molecule has 6 heteroatoms. The fraction of sp³-hybridized carbons (Fsp3) is 0.400. The predicted octanol–water partition coefficient (Wildman–Crippen LogP) is 4.88. The number of ketones is 1. The second kappa shape index (κ2) is 10.6. The lowest BCUT2D eigenvalue weighted by atomic mass is 10.1. The molecule has 0 saturated carbocycles. The van der Waals surface area contributed by atoms with Crippen molar-refractivity contribution >= 4 is 17.8 Å². The second-order valence-electron chi connectivity index (χ2n) is 7.97. The topological polar surface area (TPSA) is 81.3 Å². The molecule has 6 nitrogen and oxygen atoms in total. The number of Topliss-reactive ketones (excluding diaryl/α,β-unsaturated/α-hetero) is 1. The van der Waals surface area contributed by atoms with Crippen molar-refractivity contribution in [2.45, 2.75) is 53.7 Å². The van der Waals surface area contributed by atoms with Gasteiger partial charge in [-0.25, -0.2) is 4.79 Å². The maximum Gasteiger partial charge on any atom is 0.349 e. The van der Waals surface area contributed by atoms with Gasteiger partial charge in [0.05, 0.1) is 7.11 Å². The molecular formula is C25H30N2O4. The molecule has 0 N–H and O–H groups in total. The van der Waals surface area contributed by atoms with Crippen LogP contribution in [0.5, 0.6) is 5.75 Å².